The van der Waals surface area contributed by atoms with Crippen LogP contribution in [0.15, 0.2) is 12.7 Å². The van der Waals surface area contributed by atoms with Crippen molar-refractivity contribution in [3.63, 3.8) is 0 Å². The topological polar surface area (TPSA) is 20.2 Å². The Balaban J connectivity index is 2.46. The van der Waals surface area contributed by atoms with Crippen LogP contribution in [-0.4, -0.2) is 22.7 Å². The predicted molar refractivity (Wildman–Crippen MR) is 46.2 cm³/mol. The van der Waals surface area contributed by atoms with Crippen molar-refractivity contribution in [1.82, 2.24) is 0 Å². The summed E-state index contributed by atoms with van der Waals surface area (Å²) in [6.07, 6.45) is 1.83. The Hall–Kier alpha value is 0.0500. The van der Waals surface area contributed by atoms with Gasteiger partial charge < -0.3 is 5.11 Å². The van der Waals surface area contributed by atoms with Gasteiger partial charge in [-0.05, 0) is 11.7 Å². The molecule has 1 heterocycles. The molecule has 1 N–H and O–H groups in total. The lowest BCUT2D eigenvalue weighted by Crippen LogP contribution is -2.23. The van der Waals surface area contributed by atoms with Crippen LogP contribution in [0.5, 0.6) is 0 Å². The first-order chi connectivity index (χ1) is 4.75. The van der Waals surface area contributed by atoms with Crippen molar-refractivity contribution in [2.24, 2.45) is 11.8 Å². The monoisotopic (exact) mass is 158 g/mol. The molecule has 1 aliphatic rings. The Bertz CT molecular complexity index is 124. The smallest absolute Gasteiger partial charge is 0.0672 e. The van der Waals surface area contributed by atoms with Crippen molar-refractivity contribution in [3.8, 4) is 0 Å². The Morgan fingerprint density at radius 3 is 2.80 bits per heavy atom. The molecule has 1 aliphatic heterocycles. The van der Waals surface area contributed by atoms with Crippen LogP contribution in [0.3, 0.4) is 0 Å². The zero-order valence-electron chi connectivity index (χ0n) is 6.29. The van der Waals surface area contributed by atoms with E-state index in [-0.39, 0.29) is 6.10 Å². The quantitative estimate of drug-likeness (QED) is 0.615. The van der Waals surface area contributed by atoms with Crippen LogP contribution in [0.2, 0.25) is 0 Å². The van der Waals surface area contributed by atoms with E-state index in [1.807, 2.05) is 17.8 Å². The van der Waals surface area contributed by atoms with E-state index in [1.165, 1.54) is 0 Å². The number of hydrogen-bond donors (Lipinski definition) is 1. The summed E-state index contributed by atoms with van der Waals surface area (Å²) in [5.74, 6) is 2.91. The Morgan fingerprint density at radius 1 is 1.70 bits per heavy atom. The second-order valence-electron chi connectivity index (χ2n) is 2.86. The summed E-state index contributed by atoms with van der Waals surface area (Å²) in [6.45, 7) is 5.84. The van der Waals surface area contributed by atoms with Gasteiger partial charge in [-0.1, -0.05) is 13.0 Å². The lowest BCUT2D eigenvalue weighted by Gasteiger charge is -2.17. The standard InChI is InChI=1S/C8H14OS/c1-3-6(2)7-4-10-5-8(7)9/h3,6-9H,1,4-5H2,2H3. The normalized spacial score (nSPS) is 35.8. The largest absolute Gasteiger partial charge is 0.392 e. The SMILES string of the molecule is C=CC(C)C1CSCC1O. The molecule has 1 saturated heterocycles. The molecule has 0 aliphatic carbocycles. The fraction of sp³-hybridized carbons (Fsp3) is 0.750. The summed E-state index contributed by atoms with van der Waals surface area (Å²) in [6, 6.07) is 0. The molecule has 58 valence electrons. The highest BCUT2D eigenvalue weighted by atomic mass is 32.2. The molecular formula is C8H14OS. The Labute approximate surface area is 66.5 Å². The second kappa shape index (κ2) is 3.44. The van der Waals surface area contributed by atoms with Crippen LogP contribution in [0, 0.1) is 11.8 Å². The van der Waals surface area contributed by atoms with Gasteiger partial charge in [0.15, 0.2) is 0 Å². The minimum atomic E-state index is -0.0991. The first kappa shape index (κ1) is 8.15. The molecule has 0 spiro atoms. The Kier molecular flexibility index (Phi) is 2.81. The molecule has 1 nitrogen and oxygen atoms in total. The van der Waals surface area contributed by atoms with Gasteiger partial charge in [-0.25, -0.2) is 0 Å². The van der Waals surface area contributed by atoms with Gasteiger partial charge in [0.05, 0.1) is 6.10 Å². The van der Waals surface area contributed by atoms with Gasteiger partial charge in [-0.3, -0.25) is 0 Å². The molecule has 1 rings (SSSR count). The Morgan fingerprint density at radius 2 is 2.40 bits per heavy atom. The first-order valence-electron chi connectivity index (χ1n) is 3.64. The molecule has 0 amide bonds. The molecule has 0 aromatic carbocycles. The molecular weight excluding hydrogens is 144 g/mol. The molecule has 0 saturated carbocycles. The van der Waals surface area contributed by atoms with E-state index in [0.29, 0.717) is 11.8 Å². The van der Waals surface area contributed by atoms with Gasteiger partial charge >= 0.3 is 0 Å². The van der Waals surface area contributed by atoms with Crippen LogP contribution in [0.25, 0.3) is 0 Å². The van der Waals surface area contributed by atoms with Crippen LogP contribution >= 0.6 is 11.8 Å². The zero-order chi connectivity index (χ0) is 7.56. The molecule has 3 atom stereocenters. The number of thioether (sulfide) groups is 1. The zero-order valence-corrected chi connectivity index (χ0v) is 7.10. The molecule has 0 radical (unpaired) electrons. The van der Waals surface area contributed by atoms with Crippen molar-refractivity contribution in [2.45, 2.75) is 13.0 Å². The van der Waals surface area contributed by atoms with E-state index in [4.69, 9.17) is 0 Å². The van der Waals surface area contributed by atoms with Gasteiger partial charge in [0, 0.05) is 11.7 Å². The number of rotatable bonds is 2. The molecule has 3 unspecified atom stereocenters. The summed E-state index contributed by atoms with van der Waals surface area (Å²) in [7, 11) is 0. The van der Waals surface area contributed by atoms with E-state index in [2.05, 4.69) is 13.5 Å². The maximum atomic E-state index is 9.42. The van der Waals surface area contributed by atoms with E-state index in [0.717, 1.165) is 11.5 Å². The molecule has 0 aromatic heterocycles. The number of allylic oxidation sites excluding steroid dienone is 1. The van der Waals surface area contributed by atoms with E-state index >= 15 is 0 Å². The van der Waals surface area contributed by atoms with Crippen molar-refractivity contribution >= 4 is 11.8 Å². The lowest BCUT2D eigenvalue weighted by molar-refractivity contribution is 0.131. The third kappa shape index (κ3) is 1.55. The van der Waals surface area contributed by atoms with Crippen molar-refractivity contribution < 1.29 is 5.11 Å². The van der Waals surface area contributed by atoms with Crippen LogP contribution in [0.1, 0.15) is 6.92 Å². The second-order valence-corrected chi connectivity index (χ2v) is 3.94. The molecule has 0 aromatic rings. The van der Waals surface area contributed by atoms with Gasteiger partial charge in [0.1, 0.15) is 0 Å². The van der Waals surface area contributed by atoms with Gasteiger partial charge in [0.2, 0.25) is 0 Å². The van der Waals surface area contributed by atoms with Crippen molar-refractivity contribution in [3.05, 3.63) is 12.7 Å². The number of aliphatic hydroxyl groups is 1. The highest BCUT2D eigenvalue weighted by molar-refractivity contribution is 7.99. The molecule has 0 bridgehead atoms. The van der Waals surface area contributed by atoms with E-state index < -0.39 is 0 Å². The van der Waals surface area contributed by atoms with Crippen molar-refractivity contribution in [1.29, 1.82) is 0 Å². The number of hydrogen-bond acceptors (Lipinski definition) is 2. The minimum absolute atomic E-state index is 0.0991. The summed E-state index contributed by atoms with van der Waals surface area (Å²) in [5.41, 5.74) is 0. The third-order valence-electron chi connectivity index (χ3n) is 2.14. The summed E-state index contributed by atoms with van der Waals surface area (Å²) >= 11 is 1.84. The molecule has 1 fully saturated rings. The van der Waals surface area contributed by atoms with E-state index in [9.17, 15) is 5.11 Å². The first-order valence-corrected chi connectivity index (χ1v) is 4.79. The number of aliphatic hydroxyl groups excluding tert-OH is 1. The van der Waals surface area contributed by atoms with Gasteiger partial charge in [0.25, 0.3) is 0 Å². The molecule has 10 heavy (non-hydrogen) atoms. The minimum Gasteiger partial charge on any atom is -0.392 e. The van der Waals surface area contributed by atoms with Crippen LogP contribution in [-0.2, 0) is 0 Å². The van der Waals surface area contributed by atoms with Crippen LogP contribution in [0.4, 0.5) is 0 Å². The molecule has 2 heteroatoms. The van der Waals surface area contributed by atoms with Crippen molar-refractivity contribution in [2.75, 3.05) is 11.5 Å². The summed E-state index contributed by atoms with van der Waals surface area (Å²) in [4.78, 5) is 0. The average Bonchev–Trinajstić information content (AvgIpc) is 2.34. The third-order valence-corrected chi connectivity index (χ3v) is 3.34. The maximum Gasteiger partial charge on any atom is 0.0672 e. The summed E-state index contributed by atoms with van der Waals surface area (Å²) in [5, 5.41) is 9.42. The fourth-order valence-corrected chi connectivity index (χ4v) is 2.66. The van der Waals surface area contributed by atoms with Gasteiger partial charge in [-0.2, -0.15) is 11.8 Å². The summed E-state index contributed by atoms with van der Waals surface area (Å²) < 4.78 is 0. The predicted octanol–water partition coefficient (Wildman–Crippen LogP) is 1.53. The van der Waals surface area contributed by atoms with Gasteiger partial charge in [-0.15, -0.1) is 6.58 Å². The highest BCUT2D eigenvalue weighted by Gasteiger charge is 2.28. The fourth-order valence-electron chi connectivity index (χ4n) is 1.24. The van der Waals surface area contributed by atoms with Crippen LogP contribution < -0.4 is 0 Å². The lowest BCUT2D eigenvalue weighted by atomic mass is 9.92. The highest BCUT2D eigenvalue weighted by Crippen LogP contribution is 2.30. The maximum absolute atomic E-state index is 9.42. The van der Waals surface area contributed by atoms with E-state index in [1.54, 1.807) is 0 Å². The average molecular weight is 158 g/mol.